The minimum atomic E-state index is 0.298. The summed E-state index contributed by atoms with van der Waals surface area (Å²) >= 11 is 0. The van der Waals surface area contributed by atoms with Crippen LogP contribution in [-0.4, -0.2) is 10.9 Å². The van der Waals surface area contributed by atoms with E-state index < -0.39 is 0 Å². The van der Waals surface area contributed by atoms with Gasteiger partial charge in [-0.2, -0.15) is 0 Å². The molecule has 3 N–H and O–H groups in total. The van der Waals surface area contributed by atoms with Crippen LogP contribution in [0.2, 0.25) is 0 Å². The molecule has 0 bridgehead atoms. The van der Waals surface area contributed by atoms with Crippen LogP contribution < -0.4 is 5.32 Å². The van der Waals surface area contributed by atoms with Gasteiger partial charge in [0.05, 0.1) is 11.6 Å². The van der Waals surface area contributed by atoms with Crippen molar-refractivity contribution in [1.29, 1.82) is 0 Å². The van der Waals surface area contributed by atoms with Crippen molar-refractivity contribution in [2.45, 2.75) is 38.3 Å². The number of benzene rings is 2. The van der Waals surface area contributed by atoms with E-state index in [0.29, 0.717) is 18.0 Å². The van der Waals surface area contributed by atoms with Crippen molar-refractivity contribution in [1.82, 2.24) is 0 Å². The zero-order valence-corrected chi connectivity index (χ0v) is 13.6. The second-order valence-electron chi connectivity index (χ2n) is 6.34. The van der Waals surface area contributed by atoms with Crippen LogP contribution in [-0.2, 0) is 0 Å². The van der Waals surface area contributed by atoms with Gasteiger partial charge in [0, 0.05) is 17.5 Å². The first-order chi connectivity index (χ1) is 11.3. The molecule has 1 aliphatic rings. The SMILES string of the molecule is CCC[C@H]1C(=NO)C[C@@H](c2ccccc2)[NH2+][C@@H]1c1ccccc1. The molecule has 1 fully saturated rings. The Morgan fingerprint density at radius 3 is 2.17 bits per heavy atom. The summed E-state index contributed by atoms with van der Waals surface area (Å²) in [4.78, 5) is 0. The molecule has 0 spiro atoms. The molecule has 1 saturated heterocycles. The molecule has 0 unspecified atom stereocenters. The molecule has 3 rings (SSSR count). The Balaban J connectivity index is 1.95. The number of nitrogens with zero attached hydrogens (tertiary/aromatic N) is 1. The van der Waals surface area contributed by atoms with Crippen LogP contribution in [0.15, 0.2) is 65.8 Å². The van der Waals surface area contributed by atoms with Gasteiger partial charge < -0.3 is 10.5 Å². The summed E-state index contributed by atoms with van der Waals surface area (Å²) < 4.78 is 0. The van der Waals surface area contributed by atoms with Crippen molar-refractivity contribution >= 4 is 5.71 Å². The lowest BCUT2D eigenvalue weighted by molar-refractivity contribution is -0.742. The molecule has 3 atom stereocenters. The van der Waals surface area contributed by atoms with Crippen molar-refractivity contribution in [2.24, 2.45) is 11.1 Å². The lowest BCUT2D eigenvalue weighted by Crippen LogP contribution is -2.90. The normalized spacial score (nSPS) is 26.3. The third kappa shape index (κ3) is 3.45. The number of hydrogen-bond donors (Lipinski definition) is 2. The summed E-state index contributed by atoms with van der Waals surface area (Å²) in [6.07, 6.45) is 2.96. The maximum absolute atomic E-state index is 9.59. The molecule has 120 valence electrons. The highest BCUT2D eigenvalue weighted by Crippen LogP contribution is 2.32. The highest BCUT2D eigenvalue weighted by Gasteiger charge is 2.39. The number of quaternary nitrogens is 1. The van der Waals surface area contributed by atoms with Crippen molar-refractivity contribution in [3.63, 3.8) is 0 Å². The van der Waals surface area contributed by atoms with Gasteiger partial charge in [0.1, 0.15) is 12.1 Å². The van der Waals surface area contributed by atoms with E-state index in [1.807, 2.05) is 6.07 Å². The fourth-order valence-electron chi connectivity index (χ4n) is 3.76. The highest BCUT2D eigenvalue weighted by atomic mass is 16.4. The number of rotatable bonds is 4. The maximum Gasteiger partial charge on any atom is 0.120 e. The fraction of sp³-hybridized carbons (Fsp3) is 0.350. The third-order valence-electron chi connectivity index (χ3n) is 4.87. The van der Waals surface area contributed by atoms with Crippen LogP contribution >= 0.6 is 0 Å². The van der Waals surface area contributed by atoms with Crippen molar-refractivity contribution in [3.05, 3.63) is 71.8 Å². The molecule has 1 heterocycles. The molecule has 2 aromatic rings. The average molecular weight is 309 g/mol. The third-order valence-corrected chi connectivity index (χ3v) is 4.87. The van der Waals surface area contributed by atoms with Gasteiger partial charge in [-0.15, -0.1) is 0 Å². The molecule has 1 aliphatic heterocycles. The summed E-state index contributed by atoms with van der Waals surface area (Å²) in [5, 5.41) is 15.7. The van der Waals surface area contributed by atoms with E-state index in [1.54, 1.807) is 0 Å². The minimum Gasteiger partial charge on any atom is -0.411 e. The topological polar surface area (TPSA) is 49.2 Å². The van der Waals surface area contributed by atoms with E-state index in [2.05, 4.69) is 72.0 Å². The van der Waals surface area contributed by atoms with Crippen molar-refractivity contribution in [3.8, 4) is 0 Å². The fourth-order valence-corrected chi connectivity index (χ4v) is 3.76. The van der Waals surface area contributed by atoms with Crippen molar-refractivity contribution < 1.29 is 10.5 Å². The summed E-state index contributed by atoms with van der Waals surface area (Å²) in [6, 6.07) is 21.8. The zero-order chi connectivity index (χ0) is 16.1. The maximum atomic E-state index is 9.59. The molecule has 3 nitrogen and oxygen atoms in total. The summed E-state index contributed by atoms with van der Waals surface area (Å²) in [5.74, 6) is 0.298. The van der Waals surface area contributed by atoms with Gasteiger partial charge in [-0.1, -0.05) is 79.2 Å². The predicted octanol–water partition coefficient (Wildman–Crippen LogP) is 3.68. The standard InChI is InChI=1S/C20H24N2O/c1-2-9-17-19(22-23)14-18(15-10-5-3-6-11-15)21-20(17)16-12-7-4-8-13-16/h3-8,10-13,17-18,20-21,23H,2,9,14H2,1H3/p+1/t17-,18-,20+/m0/s1. The molecule has 23 heavy (non-hydrogen) atoms. The van der Waals surface area contributed by atoms with Crippen LogP contribution in [0, 0.1) is 5.92 Å². The van der Waals surface area contributed by atoms with Gasteiger partial charge in [0.15, 0.2) is 0 Å². The average Bonchev–Trinajstić information content (AvgIpc) is 2.63. The second-order valence-corrected chi connectivity index (χ2v) is 6.34. The first kappa shape index (κ1) is 15.8. The quantitative estimate of drug-likeness (QED) is 0.657. The number of piperidine rings is 1. The Morgan fingerprint density at radius 1 is 1.00 bits per heavy atom. The largest absolute Gasteiger partial charge is 0.411 e. The zero-order valence-electron chi connectivity index (χ0n) is 13.6. The van der Waals surface area contributed by atoms with Gasteiger partial charge in [-0.05, 0) is 6.42 Å². The molecule has 0 saturated carbocycles. The molecule has 0 aliphatic carbocycles. The van der Waals surface area contributed by atoms with E-state index in [-0.39, 0.29) is 0 Å². The Kier molecular flexibility index (Phi) is 5.09. The number of nitrogens with two attached hydrogens (primary N) is 1. The molecule has 0 amide bonds. The molecular weight excluding hydrogens is 284 g/mol. The lowest BCUT2D eigenvalue weighted by atomic mass is 9.78. The Hall–Kier alpha value is -2.13. The van der Waals surface area contributed by atoms with E-state index in [9.17, 15) is 5.21 Å². The van der Waals surface area contributed by atoms with Crippen LogP contribution in [0.4, 0.5) is 0 Å². The predicted molar refractivity (Wildman–Crippen MR) is 92.5 cm³/mol. The monoisotopic (exact) mass is 309 g/mol. The Morgan fingerprint density at radius 2 is 1.61 bits per heavy atom. The first-order valence-electron chi connectivity index (χ1n) is 8.49. The van der Waals surface area contributed by atoms with Crippen LogP contribution in [0.1, 0.15) is 49.4 Å². The summed E-state index contributed by atoms with van der Waals surface area (Å²) in [5.41, 5.74) is 3.55. The van der Waals surface area contributed by atoms with E-state index >= 15 is 0 Å². The Bertz CT molecular complexity index is 639. The summed E-state index contributed by atoms with van der Waals surface area (Å²) in [6.45, 7) is 2.19. The molecular formula is C20H25N2O+. The lowest BCUT2D eigenvalue weighted by Gasteiger charge is -2.35. The molecule has 2 aromatic carbocycles. The Labute approximate surface area is 138 Å². The van der Waals surface area contributed by atoms with Gasteiger partial charge >= 0.3 is 0 Å². The second kappa shape index (κ2) is 7.42. The van der Waals surface area contributed by atoms with Gasteiger partial charge in [-0.3, -0.25) is 0 Å². The number of hydrogen-bond acceptors (Lipinski definition) is 2. The molecule has 0 radical (unpaired) electrons. The van der Waals surface area contributed by atoms with Gasteiger partial charge in [-0.25, -0.2) is 0 Å². The summed E-state index contributed by atoms with van der Waals surface area (Å²) in [7, 11) is 0. The van der Waals surface area contributed by atoms with Crippen LogP contribution in [0.25, 0.3) is 0 Å². The first-order valence-corrected chi connectivity index (χ1v) is 8.49. The molecule has 0 aromatic heterocycles. The van der Waals surface area contributed by atoms with Crippen molar-refractivity contribution in [2.75, 3.05) is 0 Å². The van der Waals surface area contributed by atoms with E-state index in [1.165, 1.54) is 11.1 Å². The van der Waals surface area contributed by atoms with Gasteiger partial charge in [0.2, 0.25) is 0 Å². The van der Waals surface area contributed by atoms with Gasteiger partial charge in [0.25, 0.3) is 0 Å². The number of oxime groups is 1. The molecule has 3 heteroatoms. The van der Waals surface area contributed by atoms with E-state index in [4.69, 9.17) is 0 Å². The van der Waals surface area contributed by atoms with E-state index in [0.717, 1.165) is 25.0 Å². The smallest absolute Gasteiger partial charge is 0.120 e. The van der Waals surface area contributed by atoms with Crippen LogP contribution in [0.5, 0.6) is 0 Å². The highest BCUT2D eigenvalue weighted by molar-refractivity contribution is 5.88. The minimum absolute atomic E-state index is 0.298. The van der Waals surface area contributed by atoms with Crippen LogP contribution in [0.3, 0.4) is 0 Å².